The fraction of sp³-hybridized carbons (Fsp3) is 0.318. The van der Waals surface area contributed by atoms with E-state index in [1.165, 1.54) is 24.1 Å². The largest absolute Gasteiger partial charge is 0.383 e. The molecule has 1 aliphatic heterocycles. The molecule has 0 N–H and O–H groups in total. The number of nitro groups is 1. The van der Waals surface area contributed by atoms with E-state index in [1.54, 1.807) is 22.8 Å². The molecular formula is C22H22N4O7S2. The Labute approximate surface area is 204 Å². The first kappa shape index (κ1) is 24.7. The molecule has 1 aromatic heterocycles. The maximum atomic E-state index is 12.7. The Morgan fingerprint density at radius 1 is 1.20 bits per heavy atom. The third-order valence-electron chi connectivity index (χ3n) is 5.49. The molecule has 0 unspecified atom stereocenters. The number of ether oxygens (including phenoxy) is 1. The molecule has 11 nitrogen and oxygen atoms in total. The van der Waals surface area contributed by atoms with E-state index in [4.69, 9.17) is 4.74 Å². The molecule has 2 amide bonds. The van der Waals surface area contributed by atoms with Gasteiger partial charge in [0.2, 0.25) is 5.91 Å². The van der Waals surface area contributed by atoms with E-state index in [1.807, 2.05) is 12.1 Å². The van der Waals surface area contributed by atoms with Crippen molar-refractivity contribution in [2.24, 2.45) is 4.99 Å². The van der Waals surface area contributed by atoms with Gasteiger partial charge in [-0.2, -0.15) is 4.99 Å². The lowest BCUT2D eigenvalue weighted by Crippen LogP contribution is -2.36. The van der Waals surface area contributed by atoms with Crippen molar-refractivity contribution in [3.8, 4) is 0 Å². The molecule has 2 aromatic carbocycles. The fourth-order valence-corrected chi connectivity index (χ4v) is 6.08. The van der Waals surface area contributed by atoms with Crippen molar-refractivity contribution >= 4 is 54.6 Å². The zero-order chi connectivity index (χ0) is 25.2. The second-order valence-corrected chi connectivity index (χ2v) is 11.0. The van der Waals surface area contributed by atoms with Crippen LogP contribution in [0.2, 0.25) is 0 Å². The van der Waals surface area contributed by atoms with Crippen LogP contribution in [0, 0.1) is 10.1 Å². The molecule has 3 aromatic rings. The Bertz CT molecular complexity index is 1490. The number of fused-ring (bicyclic) bond motifs is 2. The van der Waals surface area contributed by atoms with Crippen molar-refractivity contribution in [1.29, 1.82) is 0 Å². The predicted octanol–water partition coefficient (Wildman–Crippen LogP) is 1.69. The van der Waals surface area contributed by atoms with Gasteiger partial charge in [0.05, 0.1) is 21.7 Å². The normalized spacial score (nSPS) is 13.9. The SMILES string of the molecule is COCCn1c(=NC(=O)CS(=O)(=O)CC(=O)N2CCc3ccccc32)sc2cc([N+](=O)[O-])ccc21. The maximum absolute atomic E-state index is 12.7. The van der Waals surface area contributed by atoms with Gasteiger partial charge in [0.15, 0.2) is 14.6 Å². The lowest BCUT2D eigenvalue weighted by atomic mass is 10.2. The number of thiazole rings is 1. The number of aromatic nitrogens is 1. The number of para-hydroxylation sites is 1. The highest BCUT2D eigenvalue weighted by Gasteiger charge is 2.29. The molecule has 0 bridgehead atoms. The molecule has 4 rings (SSSR count). The summed E-state index contributed by atoms with van der Waals surface area (Å²) in [5.74, 6) is -3.24. The van der Waals surface area contributed by atoms with E-state index < -0.39 is 38.1 Å². The maximum Gasteiger partial charge on any atom is 0.270 e. The van der Waals surface area contributed by atoms with Crippen molar-refractivity contribution < 1.29 is 27.7 Å². The van der Waals surface area contributed by atoms with Gasteiger partial charge >= 0.3 is 0 Å². The van der Waals surface area contributed by atoms with Crippen LogP contribution in [0.1, 0.15) is 5.56 Å². The van der Waals surface area contributed by atoms with Crippen molar-refractivity contribution in [3.05, 3.63) is 62.9 Å². The Hall–Kier alpha value is -3.42. The van der Waals surface area contributed by atoms with Crippen molar-refractivity contribution in [3.63, 3.8) is 0 Å². The van der Waals surface area contributed by atoms with Crippen LogP contribution in [0.5, 0.6) is 0 Å². The van der Waals surface area contributed by atoms with Crippen LogP contribution >= 0.6 is 11.3 Å². The van der Waals surface area contributed by atoms with Gasteiger partial charge in [-0.05, 0) is 24.1 Å². The van der Waals surface area contributed by atoms with Gasteiger partial charge in [0.1, 0.15) is 11.5 Å². The summed E-state index contributed by atoms with van der Waals surface area (Å²) in [4.78, 5) is 41.4. The van der Waals surface area contributed by atoms with Crippen LogP contribution in [0.25, 0.3) is 10.2 Å². The van der Waals surface area contributed by atoms with Crippen LogP contribution in [-0.4, -0.2) is 61.5 Å². The third-order valence-corrected chi connectivity index (χ3v) is 7.91. The van der Waals surface area contributed by atoms with Crippen LogP contribution in [0.4, 0.5) is 11.4 Å². The summed E-state index contributed by atoms with van der Waals surface area (Å²) < 4.78 is 32.5. The first-order chi connectivity index (χ1) is 16.7. The van der Waals surface area contributed by atoms with E-state index in [2.05, 4.69) is 4.99 Å². The number of nitro benzene ring substituents is 1. The van der Waals surface area contributed by atoms with Gasteiger partial charge in [-0.1, -0.05) is 29.5 Å². The van der Waals surface area contributed by atoms with Crippen LogP contribution in [0.3, 0.4) is 0 Å². The zero-order valence-corrected chi connectivity index (χ0v) is 20.4. The van der Waals surface area contributed by atoms with E-state index in [9.17, 15) is 28.1 Å². The number of non-ortho nitro benzene ring substituents is 1. The molecule has 0 aliphatic carbocycles. The average Bonchev–Trinajstić information content (AvgIpc) is 3.37. The average molecular weight is 519 g/mol. The van der Waals surface area contributed by atoms with E-state index in [0.29, 0.717) is 35.4 Å². The van der Waals surface area contributed by atoms with Crippen molar-refractivity contribution in [1.82, 2.24) is 4.57 Å². The van der Waals surface area contributed by atoms with Crippen LogP contribution < -0.4 is 9.70 Å². The number of amides is 2. The number of nitrogens with zero attached hydrogens (tertiary/aromatic N) is 4. The minimum atomic E-state index is -4.07. The minimum Gasteiger partial charge on any atom is -0.383 e. The van der Waals surface area contributed by atoms with Gasteiger partial charge in [-0.3, -0.25) is 19.7 Å². The van der Waals surface area contributed by atoms with E-state index in [-0.39, 0.29) is 17.1 Å². The van der Waals surface area contributed by atoms with Crippen LogP contribution in [0.15, 0.2) is 47.5 Å². The summed E-state index contributed by atoms with van der Waals surface area (Å²) in [6.45, 7) is 0.980. The Morgan fingerprint density at radius 3 is 2.71 bits per heavy atom. The molecule has 0 fully saturated rings. The second kappa shape index (κ2) is 10.1. The lowest BCUT2D eigenvalue weighted by Gasteiger charge is -2.17. The number of anilines is 1. The predicted molar refractivity (Wildman–Crippen MR) is 130 cm³/mol. The first-order valence-electron chi connectivity index (χ1n) is 10.6. The number of carbonyl (C=O) groups is 2. The number of benzene rings is 2. The van der Waals surface area contributed by atoms with Crippen LogP contribution in [-0.2, 0) is 37.1 Å². The Morgan fingerprint density at radius 2 is 1.97 bits per heavy atom. The summed E-state index contributed by atoms with van der Waals surface area (Å²) in [7, 11) is -2.57. The molecule has 0 atom stereocenters. The summed E-state index contributed by atoms with van der Waals surface area (Å²) in [5.41, 5.74) is 2.15. The highest BCUT2D eigenvalue weighted by atomic mass is 32.2. The number of hydrogen-bond donors (Lipinski definition) is 0. The molecule has 35 heavy (non-hydrogen) atoms. The topological polar surface area (TPSA) is 141 Å². The van der Waals surface area contributed by atoms with Gasteiger partial charge < -0.3 is 14.2 Å². The summed E-state index contributed by atoms with van der Waals surface area (Å²) in [5, 5.41) is 11.1. The number of hydrogen-bond acceptors (Lipinski definition) is 8. The highest BCUT2D eigenvalue weighted by molar-refractivity contribution is 7.92. The first-order valence-corrected chi connectivity index (χ1v) is 13.3. The van der Waals surface area contributed by atoms with Crippen molar-refractivity contribution in [2.45, 2.75) is 13.0 Å². The van der Waals surface area contributed by atoms with Gasteiger partial charge in [0.25, 0.3) is 11.6 Å². The van der Waals surface area contributed by atoms with Crippen molar-refractivity contribution in [2.75, 3.05) is 36.7 Å². The molecule has 2 heterocycles. The smallest absolute Gasteiger partial charge is 0.270 e. The monoisotopic (exact) mass is 518 g/mol. The number of methoxy groups -OCH3 is 1. The fourth-order valence-electron chi connectivity index (χ4n) is 3.90. The standard InChI is InChI=1S/C22H22N4O7S2/c1-33-11-10-25-18-7-6-16(26(29)30)12-19(18)34-22(25)23-20(27)13-35(31,32)14-21(28)24-9-8-15-4-2-3-5-17(15)24/h2-7,12H,8-11,13-14H2,1H3. The van der Waals surface area contributed by atoms with E-state index >= 15 is 0 Å². The molecule has 0 spiro atoms. The molecule has 1 aliphatic rings. The molecule has 0 radical (unpaired) electrons. The minimum absolute atomic E-state index is 0.111. The quantitative estimate of drug-likeness (QED) is 0.326. The molecule has 0 saturated carbocycles. The summed E-state index contributed by atoms with van der Waals surface area (Å²) in [6.07, 6.45) is 0.641. The Balaban J connectivity index is 1.55. The highest BCUT2D eigenvalue weighted by Crippen LogP contribution is 2.27. The third kappa shape index (κ3) is 5.47. The second-order valence-electron chi connectivity index (χ2n) is 7.90. The summed E-state index contributed by atoms with van der Waals surface area (Å²) >= 11 is 1.03. The van der Waals surface area contributed by atoms with E-state index in [0.717, 1.165) is 16.9 Å². The zero-order valence-electron chi connectivity index (χ0n) is 18.7. The molecular weight excluding hydrogens is 496 g/mol. The number of sulfone groups is 1. The van der Waals surface area contributed by atoms with Gasteiger partial charge in [-0.25, -0.2) is 8.42 Å². The lowest BCUT2D eigenvalue weighted by molar-refractivity contribution is -0.384. The van der Waals surface area contributed by atoms with Gasteiger partial charge in [0, 0.05) is 38.0 Å². The van der Waals surface area contributed by atoms with Gasteiger partial charge in [-0.15, -0.1) is 0 Å². The molecule has 0 saturated heterocycles. The Kier molecular flexibility index (Phi) is 7.10. The molecule has 13 heteroatoms. The summed E-state index contributed by atoms with van der Waals surface area (Å²) in [6, 6.07) is 11.5. The molecule has 184 valence electrons. The number of carbonyl (C=O) groups excluding carboxylic acids is 2. The number of rotatable bonds is 8.